The maximum absolute atomic E-state index is 10.5. The monoisotopic (exact) mass is 306 g/mol. The lowest BCUT2D eigenvalue weighted by Crippen LogP contribution is -2.30. The minimum Gasteiger partial charge on any atom is -0.496 e. The van der Waals surface area contributed by atoms with E-state index in [1.807, 2.05) is 24.4 Å². The highest BCUT2D eigenvalue weighted by Crippen LogP contribution is 2.33. The predicted octanol–water partition coefficient (Wildman–Crippen LogP) is 3.52. The van der Waals surface area contributed by atoms with Crippen LogP contribution in [0, 0.1) is 0 Å². The molecule has 0 radical (unpaired) electrons. The van der Waals surface area contributed by atoms with Gasteiger partial charge in [0.2, 0.25) is 0 Å². The highest BCUT2D eigenvalue weighted by molar-refractivity contribution is 6.30. The van der Waals surface area contributed by atoms with E-state index in [-0.39, 0.29) is 0 Å². The van der Waals surface area contributed by atoms with E-state index in [2.05, 4.69) is 5.10 Å². The van der Waals surface area contributed by atoms with E-state index in [1.54, 1.807) is 17.9 Å². The van der Waals surface area contributed by atoms with Gasteiger partial charge in [-0.3, -0.25) is 4.68 Å². The second-order valence-electron chi connectivity index (χ2n) is 5.67. The molecule has 0 spiro atoms. The van der Waals surface area contributed by atoms with Gasteiger partial charge < -0.3 is 9.84 Å². The molecule has 0 saturated heterocycles. The van der Waals surface area contributed by atoms with E-state index in [0.717, 1.165) is 42.7 Å². The van der Waals surface area contributed by atoms with E-state index in [0.29, 0.717) is 11.6 Å². The average Bonchev–Trinajstić information content (AvgIpc) is 3.08. The van der Waals surface area contributed by atoms with Gasteiger partial charge in [-0.25, -0.2) is 0 Å². The Labute approximate surface area is 129 Å². The molecule has 0 atom stereocenters. The van der Waals surface area contributed by atoms with Crippen LogP contribution in [0.5, 0.6) is 5.75 Å². The van der Waals surface area contributed by atoms with E-state index in [9.17, 15) is 5.11 Å². The van der Waals surface area contributed by atoms with Crippen LogP contribution in [-0.2, 0) is 6.54 Å². The third-order valence-electron chi connectivity index (χ3n) is 4.07. The third-order valence-corrected chi connectivity index (χ3v) is 4.30. The van der Waals surface area contributed by atoms with Crippen molar-refractivity contribution in [2.24, 2.45) is 0 Å². The summed E-state index contributed by atoms with van der Waals surface area (Å²) in [5, 5.41) is 15.7. The second-order valence-corrected chi connectivity index (χ2v) is 6.11. The van der Waals surface area contributed by atoms with Crippen molar-refractivity contribution in [2.45, 2.75) is 37.8 Å². The van der Waals surface area contributed by atoms with Gasteiger partial charge in [0.05, 0.1) is 24.9 Å². The molecular formula is C16H19ClN2O2. The maximum atomic E-state index is 10.5. The molecule has 2 aromatic rings. The molecule has 1 aromatic heterocycles. The van der Waals surface area contributed by atoms with Crippen LogP contribution in [0.1, 0.15) is 25.7 Å². The topological polar surface area (TPSA) is 47.3 Å². The Kier molecular flexibility index (Phi) is 3.91. The molecule has 0 unspecified atom stereocenters. The number of ether oxygens (including phenoxy) is 1. The maximum Gasteiger partial charge on any atom is 0.128 e. The molecule has 0 aliphatic heterocycles. The van der Waals surface area contributed by atoms with E-state index < -0.39 is 5.60 Å². The summed E-state index contributed by atoms with van der Waals surface area (Å²) < 4.78 is 7.17. The molecule has 21 heavy (non-hydrogen) atoms. The number of methoxy groups -OCH3 is 1. The standard InChI is InChI=1S/C16H19ClN2O2/c1-21-15-5-4-12(17)10-13(15)14-6-9-19(18-14)11-16(20)7-2-3-8-16/h4-6,9-10,20H,2-3,7-8,11H2,1H3. The molecule has 0 amide bonds. The Bertz CT molecular complexity index is 633. The van der Waals surface area contributed by atoms with Crippen molar-refractivity contribution in [2.75, 3.05) is 7.11 Å². The van der Waals surface area contributed by atoms with E-state index >= 15 is 0 Å². The molecule has 0 bridgehead atoms. The lowest BCUT2D eigenvalue weighted by Gasteiger charge is -2.21. The SMILES string of the molecule is COc1ccc(Cl)cc1-c1ccn(CC2(O)CCCC2)n1. The molecule has 1 N–H and O–H groups in total. The lowest BCUT2D eigenvalue weighted by atomic mass is 10.0. The fraction of sp³-hybridized carbons (Fsp3) is 0.438. The molecule has 4 nitrogen and oxygen atoms in total. The van der Waals surface area contributed by atoms with Gasteiger partial charge >= 0.3 is 0 Å². The van der Waals surface area contributed by atoms with Crippen LogP contribution in [0.2, 0.25) is 5.02 Å². The number of benzene rings is 1. The van der Waals surface area contributed by atoms with Crippen LogP contribution in [0.4, 0.5) is 0 Å². The average molecular weight is 307 g/mol. The van der Waals surface area contributed by atoms with Crippen molar-refractivity contribution in [3.05, 3.63) is 35.5 Å². The van der Waals surface area contributed by atoms with E-state index in [1.165, 1.54) is 0 Å². The number of hydrogen-bond donors (Lipinski definition) is 1. The van der Waals surface area contributed by atoms with Gasteiger partial charge in [0, 0.05) is 16.8 Å². The number of hydrogen-bond acceptors (Lipinski definition) is 3. The van der Waals surface area contributed by atoms with Gasteiger partial charge in [-0.15, -0.1) is 0 Å². The van der Waals surface area contributed by atoms with Gasteiger partial charge in [-0.05, 0) is 37.1 Å². The highest BCUT2D eigenvalue weighted by Gasteiger charge is 2.31. The van der Waals surface area contributed by atoms with Gasteiger partial charge in [0.1, 0.15) is 5.75 Å². The number of nitrogens with zero attached hydrogens (tertiary/aromatic N) is 2. The predicted molar refractivity (Wildman–Crippen MR) is 82.6 cm³/mol. The van der Waals surface area contributed by atoms with Crippen molar-refractivity contribution in [3.8, 4) is 17.0 Å². The summed E-state index contributed by atoms with van der Waals surface area (Å²) in [6, 6.07) is 7.40. The van der Waals surface area contributed by atoms with Crippen molar-refractivity contribution in [1.82, 2.24) is 9.78 Å². The molecule has 5 heteroatoms. The molecule has 1 aromatic carbocycles. The first kappa shape index (κ1) is 14.4. The Morgan fingerprint density at radius 2 is 2.10 bits per heavy atom. The molecule has 3 rings (SSSR count). The highest BCUT2D eigenvalue weighted by atomic mass is 35.5. The lowest BCUT2D eigenvalue weighted by molar-refractivity contribution is 0.0266. The Balaban J connectivity index is 1.86. The number of rotatable bonds is 4. The summed E-state index contributed by atoms with van der Waals surface area (Å²) in [6.07, 6.45) is 5.77. The minimum absolute atomic E-state index is 0.538. The Morgan fingerprint density at radius 3 is 2.81 bits per heavy atom. The summed E-state index contributed by atoms with van der Waals surface area (Å²) >= 11 is 6.06. The van der Waals surface area contributed by atoms with Gasteiger partial charge in [0.15, 0.2) is 0 Å². The molecule has 1 aliphatic carbocycles. The fourth-order valence-electron chi connectivity index (χ4n) is 2.97. The van der Waals surface area contributed by atoms with Crippen molar-refractivity contribution >= 4 is 11.6 Å². The molecule has 1 aliphatic rings. The van der Waals surface area contributed by atoms with Crippen molar-refractivity contribution in [1.29, 1.82) is 0 Å². The van der Waals surface area contributed by atoms with Crippen LogP contribution in [0.15, 0.2) is 30.5 Å². The molecule has 1 heterocycles. The molecule has 1 saturated carbocycles. The minimum atomic E-state index is -0.609. The molecular weight excluding hydrogens is 288 g/mol. The van der Waals surface area contributed by atoms with Crippen molar-refractivity contribution < 1.29 is 9.84 Å². The Hall–Kier alpha value is -1.52. The number of aliphatic hydroxyl groups is 1. The molecule has 1 fully saturated rings. The summed E-state index contributed by atoms with van der Waals surface area (Å²) in [5.41, 5.74) is 1.06. The summed E-state index contributed by atoms with van der Waals surface area (Å²) in [5.74, 6) is 0.740. The van der Waals surface area contributed by atoms with Crippen LogP contribution in [0.3, 0.4) is 0 Å². The first-order chi connectivity index (χ1) is 10.1. The van der Waals surface area contributed by atoms with Crippen LogP contribution in [-0.4, -0.2) is 27.6 Å². The summed E-state index contributed by atoms with van der Waals surface area (Å²) in [7, 11) is 1.63. The van der Waals surface area contributed by atoms with Gasteiger partial charge in [-0.2, -0.15) is 5.10 Å². The fourth-order valence-corrected chi connectivity index (χ4v) is 3.14. The van der Waals surface area contributed by atoms with Crippen molar-refractivity contribution in [3.63, 3.8) is 0 Å². The summed E-state index contributed by atoms with van der Waals surface area (Å²) in [4.78, 5) is 0. The third kappa shape index (κ3) is 3.06. The zero-order valence-electron chi connectivity index (χ0n) is 12.1. The first-order valence-electron chi connectivity index (χ1n) is 7.19. The summed E-state index contributed by atoms with van der Waals surface area (Å²) in [6.45, 7) is 0.538. The largest absolute Gasteiger partial charge is 0.496 e. The van der Waals surface area contributed by atoms with Crippen LogP contribution >= 0.6 is 11.6 Å². The number of aromatic nitrogens is 2. The van der Waals surface area contributed by atoms with Crippen LogP contribution < -0.4 is 4.74 Å². The smallest absolute Gasteiger partial charge is 0.128 e. The van der Waals surface area contributed by atoms with E-state index in [4.69, 9.17) is 16.3 Å². The second kappa shape index (κ2) is 5.70. The van der Waals surface area contributed by atoms with Gasteiger partial charge in [-0.1, -0.05) is 24.4 Å². The Morgan fingerprint density at radius 1 is 1.33 bits per heavy atom. The zero-order valence-corrected chi connectivity index (χ0v) is 12.8. The zero-order chi connectivity index (χ0) is 14.9. The number of halogens is 1. The van der Waals surface area contributed by atoms with Crippen LogP contribution in [0.25, 0.3) is 11.3 Å². The molecule has 112 valence electrons. The quantitative estimate of drug-likeness (QED) is 0.940. The first-order valence-corrected chi connectivity index (χ1v) is 7.57. The normalized spacial score (nSPS) is 17.1. The van der Waals surface area contributed by atoms with Gasteiger partial charge in [0.25, 0.3) is 0 Å².